The Hall–Kier alpha value is -1.32. The number of benzene rings is 2. The van der Waals surface area contributed by atoms with E-state index in [4.69, 9.17) is 46.4 Å². The Labute approximate surface area is 144 Å². The van der Waals surface area contributed by atoms with Crippen LogP contribution in [0.5, 0.6) is 0 Å². The van der Waals surface area contributed by atoms with Crippen molar-refractivity contribution in [3.05, 3.63) is 56.6 Å². The molecule has 22 heavy (non-hydrogen) atoms. The molecule has 6 heteroatoms. The summed E-state index contributed by atoms with van der Waals surface area (Å²) in [5, 5.41) is 2.11. The normalized spacial score (nSPS) is 16.0. The van der Waals surface area contributed by atoms with E-state index < -0.39 is 0 Å². The van der Waals surface area contributed by atoms with Crippen LogP contribution in [-0.4, -0.2) is 11.6 Å². The van der Waals surface area contributed by atoms with E-state index in [1.54, 1.807) is 12.1 Å². The summed E-state index contributed by atoms with van der Waals surface area (Å²) in [6.07, 6.45) is 2.59. The van der Waals surface area contributed by atoms with Gasteiger partial charge in [-0.1, -0.05) is 46.4 Å². The van der Waals surface area contributed by atoms with Crippen molar-refractivity contribution in [2.45, 2.75) is 0 Å². The van der Waals surface area contributed by atoms with Crippen molar-refractivity contribution < 1.29 is 9.59 Å². The smallest absolute Gasteiger partial charge is 0.189 e. The van der Waals surface area contributed by atoms with E-state index in [1.807, 2.05) is 0 Å². The number of ketones is 2. The molecule has 0 radical (unpaired) electrons. The maximum Gasteiger partial charge on any atom is 0.189 e. The van der Waals surface area contributed by atoms with Crippen molar-refractivity contribution in [3.8, 4) is 0 Å². The quantitative estimate of drug-likeness (QED) is 0.596. The van der Waals surface area contributed by atoms with Crippen LogP contribution in [0.2, 0.25) is 10.0 Å². The first kappa shape index (κ1) is 14.3. The van der Waals surface area contributed by atoms with Crippen LogP contribution in [0.1, 0.15) is 31.8 Å². The summed E-state index contributed by atoms with van der Waals surface area (Å²) in [7, 11) is 0. The number of carbonyl (C=O) groups is 2. The van der Waals surface area contributed by atoms with Crippen molar-refractivity contribution in [1.29, 1.82) is 0 Å². The average Bonchev–Trinajstić information content (AvgIpc) is 2.43. The van der Waals surface area contributed by atoms with Gasteiger partial charge in [0.25, 0.3) is 0 Å². The van der Waals surface area contributed by atoms with Crippen LogP contribution in [0.3, 0.4) is 0 Å². The van der Waals surface area contributed by atoms with Gasteiger partial charge in [0.2, 0.25) is 0 Å². The minimum absolute atomic E-state index is 0.261. The number of carbonyl (C=O) groups excluding carboxylic acids is 2. The van der Waals surface area contributed by atoms with Crippen molar-refractivity contribution in [1.82, 2.24) is 0 Å². The van der Waals surface area contributed by atoms with Gasteiger partial charge in [-0.15, -0.1) is 0 Å². The van der Waals surface area contributed by atoms with Gasteiger partial charge in [-0.05, 0) is 12.1 Å². The molecule has 108 valence electrons. The molecule has 0 saturated carbocycles. The zero-order valence-electron chi connectivity index (χ0n) is 10.6. The third-order valence-electron chi connectivity index (χ3n) is 3.83. The maximum atomic E-state index is 12.3. The average molecular weight is 370 g/mol. The van der Waals surface area contributed by atoms with E-state index in [2.05, 4.69) is 0 Å². The lowest BCUT2D eigenvalue weighted by atomic mass is 9.84. The molecule has 0 unspecified atom stereocenters. The van der Waals surface area contributed by atoms with Gasteiger partial charge < -0.3 is 0 Å². The highest BCUT2D eigenvalue weighted by atomic mass is 35.5. The second kappa shape index (κ2) is 4.59. The third-order valence-corrected chi connectivity index (χ3v) is 5.05. The maximum absolute atomic E-state index is 12.3. The van der Waals surface area contributed by atoms with Gasteiger partial charge in [-0.2, -0.15) is 0 Å². The summed E-state index contributed by atoms with van der Waals surface area (Å²) in [4.78, 5) is 24.5. The van der Waals surface area contributed by atoms with Crippen LogP contribution in [-0.2, 0) is 0 Å². The predicted octanol–water partition coefficient (Wildman–Crippen LogP) is 5.70. The zero-order valence-corrected chi connectivity index (χ0v) is 13.7. The third kappa shape index (κ3) is 1.70. The van der Waals surface area contributed by atoms with E-state index in [-0.39, 0.29) is 31.7 Å². The first-order valence-corrected chi connectivity index (χ1v) is 7.74. The molecule has 2 aromatic rings. The lowest BCUT2D eigenvalue weighted by Gasteiger charge is -2.23. The van der Waals surface area contributed by atoms with E-state index >= 15 is 0 Å². The summed E-state index contributed by atoms with van der Waals surface area (Å²) in [5.41, 5.74) is 1.78. The van der Waals surface area contributed by atoms with Gasteiger partial charge in [-0.25, -0.2) is 0 Å². The Morgan fingerprint density at radius 2 is 1.00 bits per heavy atom. The number of hydrogen-bond donors (Lipinski definition) is 0. The van der Waals surface area contributed by atoms with Gasteiger partial charge in [0.15, 0.2) is 11.6 Å². The molecule has 0 fully saturated rings. The molecular weight excluding hydrogens is 366 g/mol. The van der Waals surface area contributed by atoms with Gasteiger partial charge in [0.05, 0.1) is 20.1 Å². The first-order valence-electron chi connectivity index (χ1n) is 6.22. The number of allylic oxidation sites excluding steroid dienone is 2. The molecule has 0 spiro atoms. The first-order chi connectivity index (χ1) is 10.4. The number of halogens is 4. The summed E-state index contributed by atoms with van der Waals surface area (Å²) in [6.45, 7) is 0. The fourth-order valence-electron chi connectivity index (χ4n) is 2.96. The van der Waals surface area contributed by atoms with Crippen molar-refractivity contribution in [3.63, 3.8) is 0 Å². The SMILES string of the molecule is O=C1C=C(Cl)c2cc(Cl)c3c4c(cc(Cl)c1c24)C(Cl)=CC3=O. The zero-order chi connectivity index (χ0) is 15.8. The van der Waals surface area contributed by atoms with Crippen LogP contribution in [0.15, 0.2) is 24.3 Å². The van der Waals surface area contributed by atoms with Crippen molar-refractivity contribution >= 4 is 78.8 Å². The highest BCUT2D eigenvalue weighted by molar-refractivity contribution is 6.57. The lowest BCUT2D eigenvalue weighted by molar-refractivity contribution is 0.103. The Morgan fingerprint density at radius 1 is 0.636 bits per heavy atom. The molecule has 0 atom stereocenters. The fraction of sp³-hybridized carbons (Fsp3) is 0. The van der Waals surface area contributed by atoms with Gasteiger partial charge in [0, 0.05) is 45.2 Å². The molecule has 0 bridgehead atoms. The Bertz CT molecular complexity index is 918. The topological polar surface area (TPSA) is 34.1 Å². The van der Waals surface area contributed by atoms with E-state index in [0.29, 0.717) is 33.0 Å². The molecular formula is C16H4Cl4O2. The Morgan fingerprint density at radius 3 is 1.36 bits per heavy atom. The highest BCUT2D eigenvalue weighted by Gasteiger charge is 2.31. The Kier molecular flexibility index (Phi) is 2.98. The minimum atomic E-state index is -0.305. The Balaban J connectivity index is 2.37. The standard InChI is InChI=1S/C16H4Cl4O2/c17-7-3-12(22)16-10(20)2-6-8(18)4-11(21)15-9(19)1-5(7)13(16)14(6)15/h1-4H. The van der Waals surface area contributed by atoms with Crippen LogP contribution >= 0.6 is 46.4 Å². The highest BCUT2D eigenvalue weighted by Crippen LogP contribution is 2.47. The second-order valence-corrected chi connectivity index (χ2v) is 6.65. The molecule has 0 aromatic heterocycles. The van der Waals surface area contributed by atoms with Crippen molar-refractivity contribution in [2.75, 3.05) is 0 Å². The summed E-state index contributed by atoms with van der Waals surface area (Å²) >= 11 is 24.9. The van der Waals surface area contributed by atoms with E-state index in [1.165, 1.54) is 12.2 Å². The van der Waals surface area contributed by atoms with Crippen LogP contribution < -0.4 is 0 Å². The largest absolute Gasteiger partial charge is 0.289 e. The van der Waals surface area contributed by atoms with Gasteiger partial charge in [-0.3, -0.25) is 9.59 Å². The molecule has 4 rings (SSSR count). The number of rotatable bonds is 0. The fourth-order valence-corrected chi connectivity index (χ4v) is 4.05. The lowest BCUT2D eigenvalue weighted by Crippen LogP contribution is -2.12. The molecule has 2 aliphatic carbocycles. The second-order valence-electron chi connectivity index (χ2n) is 5.02. The molecule has 0 N–H and O–H groups in total. The van der Waals surface area contributed by atoms with Gasteiger partial charge >= 0.3 is 0 Å². The predicted molar refractivity (Wildman–Crippen MR) is 90.3 cm³/mol. The van der Waals surface area contributed by atoms with E-state index in [0.717, 1.165) is 0 Å². The molecule has 0 aliphatic heterocycles. The monoisotopic (exact) mass is 368 g/mol. The summed E-state index contributed by atoms with van der Waals surface area (Å²) < 4.78 is 0. The molecule has 0 amide bonds. The minimum Gasteiger partial charge on any atom is -0.289 e. The summed E-state index contributed by atoms with van der Waals surface area (Å²) in [6, 6.07) is 3.16. The van der Waals surface area contributed by atoms with Crippen LogP contribution in [0.25, 0.3) is 20.8 Å². The van der Waals surface area contributed by atoms with Crippen molar-refractivity contribution in [2.24, 2.45) is 0 Å². The number of hydrogen-bond acceptors (Lipinski definition) is 2. The van der Waals surface area contributed by atoms with Gasteiger partial charge in [0.1, 0.15) is 0 Å². The molecule has 2 aromatic carbocycles. The van der Waals surface area contributed by atoms with Crippen LogP contribution in [0, 0.1) is 0 Å². The summed E-state index contributed by atoms with van der Waals surface area (Å²) in [5.74, 6) is -0.610. The molecule has 0 saturated heterocycles. The molecule has 2 nitrogen and oxygen atoms in total. The van der Waals surface area contributed by atoms with Crippen LogP contribution in [0.4, 0.5) is 0 Å². The molecule has 0 heterocycles. The van der Waals surface area contributed by atoms with E-state index in [9.17, 15) is 9.59 Å². The molecule has 2 aliphatic rings.